The molecule has 1 fully saturated rings. The molecule has 88 valence electrons. The third kappa shape index (κ3) is 2.88. The number of rotatable bonds is 2. The number of thioether (sulfide) groups is 1. The number of aromatic nitrogens is 1. The highest BCUT2D eigenvalue weighted by Crippen LogP contribution is 2.24. The van der Waals surface area contributed by atoms with Gasteiger partial charge >= 0.3 is 0 Å². The Morgan fingerprint density at radius 3 is 3.18 bits per heavy atom. The molecule has 17 heavy (non-hydrogen) atoms. The fraction of sp³-hybridized carbons (Fsp3) is 0.300. The number of nitrogens with zero attached hydrogens (tertiary/aromatic N) is 4. The highest BCUT2D eigenvalue weighted by molar-refractivity contribution is 8.14. The molecule has 1 atom stereocenters. The molecule has 1 unspecified atom stereocenters. The third-order valence-corrected chi connectivity index (χ3v) is 3.53. The summed E-state index contributed by atoms with van der Waals surface area (Å²) in [4.78, 5) is 9.30. The van der Waals surface area contributed by atoms with Crippen molar-refractivity contribution in [2.45, 2.75) is 12.8 Å². The van der Waals surface area contributed by atoms with Gasteiger partial charge in [0.15, 0.2) is 5.17 Å². The second-order valence-electron chi connectivity index (χ2n) is 3.40. The van der Waals surface area contributed by atoms with Crippen molar-refractivity contribution in [1.82, 2.24) is 9.88 Å². The van der Waals surface area contributed by atoms with Crippen LogP contribution in [0.25, 0.3) is 0 Å². The zero-order chi connectivity index (χ0) is 12.3. The van der Waals surface area contributed by atoms with E-state index in [1.807, 2.05) is 6.07 Å². The Balaban J connectivity index is 2.14. The Kier molecular flexibility index (Phi) is 3.84. The van der Waals surface area contributed by atoms with Crippen LogP contribution in [-0.2, 0) is 6.54 Å². The minimum atomic E-state index is -0.622. The molecule has 0 bridgehead atoms. The molecule has 1 aliphatic rings. The van der Waals surface area contributed by atoms with Gasteiger partial charge in [-0.15, -0.1) is 4.99 Å². The van der Waals surface area contributed by atoms with Gasteiger partial charge in [-0.2, -0.15) is 5.26 Å². The van der Waals surface area contributed by atoms with Gasteiger partial charge in [0, 0.05) is 18.5 Å². The maximum absolute atomic E-state index is 9.77. The Labute approximate surface area is 108 Å². The standard InChI is InChI=1S/C10H9ClN4OS/c11-8-2-1-7(3-13-8)4-15-9(16)5-17-10(15)14-6-12/h1-3,9,16H,4-5H2. The maximum atomic E-state index is 9.77. The van der Waals surface area contributed by atoms with E-state index in [0.717, 1.165) is 5.56 Å². The smallest absolute Gasteiger partial charge is 0.208 e. The predicted octanol–water partition coefficient (Wildman–Crippen LogP) is 1.44. The number of hydrogen-bond donors (Lipinski definition) is 1. The van der Waals surface area contributed by atoms with Crippen LogP contribution in [0.15, 0.2) is 23.3 Å². The topological polar surface area (TPSA) is 72.5 Å². The maximum Gasteiger partial charge on any atom is 0.208 e. The molecule has 1 aromatic heterocycles. The lowest BCUT2D eigenvalue weighted by Crippen LogP contribution is -2.33. The van der Waals surface area contributed by atoms with Crippen molar-refractivity contribution in [3.8, 4) is 6.19 Å². The number of pyridine rings is 1. The van der Waals surface area contributed by atoms with Gasteiger partial charge in [0.25, 0.3) is 0 Å². The van der Waals surface area contributed by atoms with E-state index in [0.29, 0.717) is 22.6 Å². The van der Waals surface area contributed by atoms with Crippen LogP contribution in [0, 0.1) is 11.5 Å². The number of aliphatic hydroxyl groups is 1. The average molecular weight is 269 g/mol. The zero-order valence-corrected chi connectivity index (χ0v) is 10.3. The molecule has 0 aliphatic carbocycles. The molecule has 1 aromatic rings. The lowest BCUT2D eigenvalue weighted by atomic mass is 10.2. The molecule has 0 spiro atoms. The molecule has 0 aromatic carbocycles. The minimum Gasteiger partial charge on any atom is -0.373 e. The van der Waals surface area contributed by atoms with Gasteiger partial charge in [0.05, 0.1) is 0 Å². The third-order valence-electron chi connectivity index (χ3n) is 2.25. The number of nitriles is 1. The van der Waals surface area contributed by atoms with Crippen molar-refractivity contribution in [2.75, 3.05) is 5.75 Å². The summed E-state index contributed by atoms with van der Waals surface area (Å²) in [6, 6.07) is 3.52. The fourth-order valence-electron chi connectivity index (χ4n) is 1.46. The fourth-order valence-corrected chi connectivity index (χ4v) is 2.51. The van der Waals surface area contributed by atoms with E-state index in [-0.39, 0.29) is 0 Å². The Hall–Kier alpha value is -1.29. The lowest BCUT2D eigenvalue weighted by molar-refractivity contribution is 0.0779. The van der Waals surface area contributed by atoms with Crippen molar-refractivity contribution in [3.05, 3.63) is 29.0 Å². The van der Waals surface area contributed by atoms with Crippen LogP contribution >= 0.6 is 23.4 Å². The van der Waals surface area contributed by atoms with E-state index < -0.39 is 6.23 Å². The first-order valence-corrected chi connectivity index (χ1v) is 6.22. The Bertz CT molecular complexity index is 470. The van der Waals surface area contributed by atoms with Crippen LogP contribution in [-0.4, -0.2) is 32.1 Å². The summed E-state index contributed by atoms with van der Waals surface area (Å²) in [5, 5.41) is 19.3. The molecule has 5 nitrogen and oxygen atoms in total. The van der Waals surface area contributed by atoms with Gasteiger partial charge in [-0.25, -0.2) is 4.98 Å². The molecule has 7 heteroatoms. The van der Waals surface area contributed by atoms with Crippen molar-refractivity contribution in [2.24, 2.45) is 4.99 Å². The minimum absolute atomic E-state index is 0.427. The van der Waals surface area contributed by atoms with Gasteiger partial charge in [0.1, 0.15) is 11.4 Å². The van der Waals surface area contributed by atoms with Crippen LogP contribution in [0.3, 0.4) is 0 Å². The number of halogens is 1. The zero-order valence-electron chi connectivity index (χ0n) is 8.75. The molecule has 1 saturated heterocycles. The largest absolute Gasteiger partial charge is 0.373 e. The Morgan fingerprint density at radius 1 is 1.71 bits per heavy atom. The SMILES string of the molecule is N#CN=C1SCC(O)N1Cc1ccc(Cl)nc1. The molecular weight excluding hydrogens is 260 g/mol. The monoisotopic (exact) mass is 268 g/mol. The molecular formula is C10H9ClN4OS. The van der Waals surface area contributed by atoms with Gasteiger partial charge in [-0.1, -0.05) is 29.4 Å². The number of amidine groups is 1. The first-order chi connectivity index (χ1) is 8.20. The normalized spacial score (nSPS) is 21.8. The summed E-state index contributed by atoms with van der Waals surface area (Å²) in [6.07, 6.45) is 2.75. The number of aliphatic hydroxyl groups excluding tert-OH is 1. The van der Waals surface area contributed by atoms with Crippen LogP contribution in [0.1, 0.15) is 5.56 Å². The predicted molar refractivity (Wildman–Crippen MR) is 66.3 cm³/mol. The molecule has 1 aliphatic heterocycles. The summed E-state index contributed by atoms with van der Waals surface area (Å²) < 4.78 is 0. The van der Waals surface area contributed by atoms with Gasteiger partial charge in [0.2, 0.25) is 6.19 Å². The summed E-state index contributed by atoms with van der Waals surface area (Å²) in [7, 11) is 0. The quantitative estimate of drug-likeness (QED) is 0.649. The van der Waals surface area contributed by atoms with Gasteiger partial charge in [-0.05, 0) is 11.6 Å². The van der Waals surface area contributed by atoms with Crippen LogP contribution in [0.5, 0.6) is 0 Å². The van der Waals surface area contributed by atoms with Crippen molar-refractivity contribution in [1.29, 1.82) is 5.26 Å². The van der Waals surface area contributed by atoms with Crippen LogP contribution < -0.4 is 0 Å². The van der Waals surface area contributed by atoms with Crippen molar-refractivity contribution in [3.63, 3.8) is 0 Å². The summed E-state index contributed by atoms with van der Waals surface area (Å²) in [6.45, 7) is 0.457. The van der Waals surface area contributed by atoms with Crippen molar-refractivity contribution < 1.29 is 5.11 Å². The molecule has 2 heterocycles. The first kappa shape index (κ1) is 12.2. The second kappa shape index (κ2) is 5.36. The van der Waals surface area contributed by atoms with E-state index >= 15 is 0 Å². The molecule has 0 saturated carbocycles. The molecule has 0 amide bonds. The van der Waals surface area contributed by atoms with Crippen LogP contribution in [0.2, 0.25) is 5.15 Å². The van der Waals surface area contributed by atoms with E-state index in [4.69, 9.17) is 16.9 Å². The van der Waals surface area contributed by atoms with E-state index in [1.165, 1.54) is 11.8 Å². The average Bonchev–Trinajstić information content (AvgIpc) is 2.65. The second-order valence-corrected chi connectivity index (χ2v) is 4.78. The number of hydrogen-bond acceptors (Lipinski definition) is 5. The van der Waals surface area contributed by atoms with Gasteiger partial charge < -0.3 is 10.0 Å². The summed E-state index contributed by atoms with van der Waals surface area (Å²) in [5.74, 6) is 0.515. The first-order valence-electron chi connectivity index (χ1n) is 4.85. The van der Waals surface area contributed by atoms with E-state index in [9.17, 15) is 5.11 Å². The van der Waals surface area contributed by atoms with Gasteiger partial charge in [-0.3, -0.25) is 0 Å². The highest BCUT2D eigenvalue weighted by atomic mass is 35.5. The van der Waals surface area contributed by atoms with E-state index in [2.05, 4.69) is 9.98 Å². The van der Waals surface area contributed by atoms with E-state index in [1.54, 1.807) is 23.4 Å². The highest BCUT2D eigenvalue weighted by Gasteiger charge is 2.28. The molecule has 1 N–H and O–H groups in total. The number of aliphatic imine (C=N–C) groups is 1. The molecule has 2 rings (SSSR count). The van der Waals surface area contributed by atoms with Crippen molar-refractivity contribution >= 4 is 28.5 Å². The Morgan fingerprint density at radius 2 is 2.53 bits per heavy atom. The summed E-state index contributed by atoms with van der Waals surface area (Å²) >= 11 is 7.05. The summed E-state index contributed by atoms with van der Waals surface area (Å²) in [5.41, 5.74) is 0.904. The molecule has 0 radical (unpaired) electrons. The lowest BCUT2D eigenvalue weighted by Gasteiger charge is -2.21. The van der Waals surface area contributed by atoms with Crippen LogP contribution in [0.4, 0.5) is 0 Å².